The van der Waals surface area contributed by atoms with Crippen molar-refractivity contribution in [3.05, 3.63) is 12.7 Å². The zero-order valence-corrected chi connectivity index (χ0v) is 21.8. The van der Waals surface area contributed by atoms with Crippen LogP contribution < -0.4 is 5.32 Å². The maximum Gasteiger partial charge on any atom is 0.471 e. The highest BCUT2D eigenvalue weighted by atomic mass is 19.4. The molecular formula is C25H42F3NO7. The first-order chi connectivity index (χ1) is 17.0. The van der Waals surface area contributed by atoms with Gasteiger partial charge in [-0.25, -0.2) is 0 Å². The van der Waals surface area contributed by atoms with Crippen LogP contribution in [0.5, 0.6) is 0 Å². The molecule has 2 aliphatic heterocycles. The van der Waals surface area contributed by atoms with Crippen molar-refractivity contribution in [3.63, 3.8) is 0 Å². The van der Waals surface area contributed by atoms with E-state index >= 15 is 0 Å². The number of rotatable bonds is 15. The molecule has 0 aliphatic carbocycles. The fourth-order valence-electron chi connectivity index (χ4n) is 4.41. The zero-order valence-electron chi connectivity index (χ0n) is 21.8. The standard InChI is InChI=1S/C25H42F3NO7/c1-6-8-9-10-11-12-17(31-5)13-15-32-21-19(29-23(30)25(26,27)28)22(33-14-7-2)35-18-16-34-24(3,4)36-20(18)21/h7,17-22H,2,6,8-16H2,1,3-5H3,(H,29,30)/t17-,18-,19-,20-,21-,22+/m1/s1. The van der Waals surface area contributed by atoms with Gasteiger partial charge >= 0.3 is 12.1 Å². The van der Waals surface area contributed by atoms with E-state index in [0.29, 0.717) is 6.42 Å². The van der Waals surface area contributed by atoms with Crippen LogP contribution >= 0.6 is 0 Å². The molecule has 1 amide bonds. The van der Waals surface area contributed by atoms with Gasteiger partial charge in [0.05, 0.1) is 19.3 Å². The molecule has 0 spiro atoms. The van der Waals surface area contributed by atoms with Gasteiger partial charge in [-0.05, 0) is 26.7 Å². The molecule has 0 radical (unpaired) electrons. The fourth-order valence-corrected chi connectivity index (χ4v) is 4.41. The molecule has 0 unspecified atom stereocenters. The lowest BCUT2D eigenvalue weighted by Gasteiger charge is -2.51. The van der Waals surface area contributed by atoms with E-state index in [9.17, 15) is 18.0 Å². The second-order valence-electron chi connectivity index (χ2n) is 9.64. The van der Waals surface area contributed by atoms with E-state index in [4.69, 9.17) is 28.4 Å². The number of carbonyl (C=O) groups excluding carboxylic acids is 1. The minimum atomic E-state index is -5.08. The Labute approximate surface area is 212 Å². The second-order valence-corrected chi connectivity index (χ2v) is 9.64. The first-order valence-electron chi connectivity index (χ1n) is 12.7. The van der Waals surface area contributed by atoms with Gasteiger partial charge in [0, 0.05) is 13.7 Å². The van der Waals surface area contributed by atoms with Crippen LogP contribution in [-0.4, -0.2) is 81.5 Å². The summed E-state index contributed by atoms with van der Waals surface area (Å²) in [5.74, 6) is -3.11. The van der Waals surface area contributed by atoms with Gasteiger partial charge in [-0.3, -0.25) is 4.79 Å². The Morgan fingerprint density at radius 2 is 1.92 bits per heavy atom. The van der Waals surface area contributed by atoms with E-state index in [1.54, 1.807) is 21.0 Å². The van der Waals surface area contributed by atoms with E-state index in [-0.39, 0.29) is 25.9 Å². The minimum absolute atomic E-state index is 0.00412. The summed E-state index contributed by atoms with van der Waals surface area (Å²) in [5, 5.41) is 2.01. The third-order valence-corrected chi connectivity index (χ3v) is 6.31. The normalized spacial score (nSPS) is 28.8. The van der Waals surface area contributed by atoms with E-state index in [0.717, 1.165) is 19.3 Å². The fraction of sp³-hybridized carbons (Fsp3) is 0.880. The Kier molecular flexibility index (Phi) is 12.6. The van der Waals surface area contributed by atoms with Gasteiger partial charge in [0.2, 0.25) is 0 Å². The van der Waals surface area contributed by atoms with Crippen LogP contribution in [0.2, 0.25) is 0 Å². The maximum absolute atomic E-state index is 13.1. The highest BCUT2D eigenvalue weighted by Crippen LogP contribution is 2.35. The summed E-state index contributed by atoms with van der Waals surface area (Å²) < 4.78 is 74.3. The SMILES string of the molecule is C=CCO[C@H]1O[C@@H]2COC(C)(C)O[C@H]2[C@H](OCC[C@@H](CCCCCCC)OC)[C@H]1NC(=O)C(F)(F)F. The molecule has 2 aliphatic rings. The molecule has 1 N–H and O–H groups in total. The first-order valence-corrected chi connectivity index (χ1v) is 12.7. The molecule has 2 rings (SSSR count). The summed E-state index contributed by atoms with van der Waals surface area (Å²) in [5.41, 5.74) is 0. The molecule has 6 atom stereocenters. The number of fused-ring (bicyclic) bond motifs is 1. The van der Waals surface area contributed by atoms with Crippen molar-refractivity contribution in [2.45, 2.75) is 114 Å². The summed E-state index contributed by atoms with van der Waals surface area (Å²) in [7, 11) is 1.64. The number of halogens is 3. The van der Waals surface area contributed by atoms with Crippen molar-refractivity contribution in [2.75, 3.05) is 26.9 Å². The second kappa shape index (κ2) is 14.6. The Morgan fingerprint density at radius 1 is 1.19 bits per heavy atom. The monoisotopic (exact) mass is 525 g/mol. The number of ether oxygens (including phenoxy) is 6. The van der Waals surface area contributed by atoms with Crippen molar-refractivity contribution < 1.29 is 46.4 Å². The van der Waals surface area contributed by atoms with Gasteiger partial charge in [0.25, 0.3) is 0 Å². The lowest BCUT2D eigenvalue weighted by atomic mass is 9.94. The summed E-state index contributed by atoms with van der Waals surface area (Å²) >= 11 is 0. The van der Waals surface area contributed by atoms with Crippen LogP contribution in [0.1, 0.15) is 65.7 Å². The van der Waals surface area contributed by atoms with Gasteiger partial charge in [-0.1, -0.05) is 45.1 Å². The van der Waals surface area contributed by atoms with E-state index in [2.05, 4.69) is 13.5 Å². The lowest BCUT2D eigenvalue weighted by molar-refractivity contribution is -0.371. The third kappa shape index (κ3) is 9.57. The van der Waals surface area contributed by atoms with E-state index < -0.39 is 48.5 Å². The summed E-state index contributed by atoms with van der Waals surface area (Å²) in [6, 6.07) is -1.27. The topological polar surface area (TPSA) is 84.5 Å². The molecule has 36 heavy (non-hydrogen) atoms. The number of unbranched alkanes of at least 4 members (excludes halogenated alkanes) is 4. The molecule has 0 aromatic rings. The van der Waals surface area contributed by atoms with Gasteiger partial charge < -0.3 is 33.7 Å². The molecule has 0 aromatic carbocycles. The Morgan fingerprint density at radius 3 is 2.56 bits per heavy atom. The van der Waals surface area contributed by atoms with Gasteiger partial charge in [0.1, 0.15) is 24.4 Å². The van der Waals surface area contributed by atoms with Crippen LogP contribution in [0.4, 0.5) is 13.2 Å². The lowest BCUT2D eigenvalue weighted by Crippen LogP contribution is -2.69. The van der Waals surface area contributed by atoms with Crippen LogP contribution in [0.25, 0.3) is 0 Å². The molecule has 0 saturated carbocycles. The van der Waals surface area contributed by atoms with Gasteiger partial charge in [-0.2, -0.15) is 13.2 Å². The predicted molar refractivity (Wildman–Crippen MR) is 126 cm³/mol. The third-order valence-electron chi connectivity index (χ3n) is 6.31. The van der Waals surface area contributed by atoms with Crippen LogP contribution in [0.3, 0.4) is 0 Å². The average Bonchev–Trinajstić information content (AvgIpc) is 2.81. The molecule has 210 valence electrons. The number of alkyl halides is 3. The average molecular weight is 526 g/mol. The molecular weight excluding hydrogens is 483 g/mol. The molecule has 8 nitrogen and oxygen atoms in total. The quantitative estimate of drug-likeness (QED) is 0.253. The van der Waals surface area contributed by atoms with Crippen molar-refractivity contribution in [1.29, 1.82) is 0 Å². The number of nitrogens with one attached hydrogen (secondary N) is 1. The molecule has 0 aromatic heterocycles. The Hall–Kier alpha value is -1.24. The minimum Gasteiger partial charge on any atom is -0.381 e. The molecule has 0 bridgehead atoms. The number of hydrogen-bond acceptors (Lipinski definition) is 7. The first kappa shape index (κ1) is 31.0. The Balaban J connectivity index is 2.14. The molecule has 2 fully saturated rings. The van der Waals surface area contributed by atoms with Crippen LogP contribution in [-0.2, 0) is 33.2 Å². The summed E-state index contributed by atoms with van der Waals surface area (Å²) in [6.07, 6.45) is -0.242. The molecule has 2 saturated heterocycles. The van der Waals surface area contributed by atoms with Gasteiger partial charge in [-0.15, -0.1) is 6.58 Å². The van der Waals surface area contributed by atoms with Crippen molar-refractivity contribution in [1.82, 2.24) is 5.32 Å². The number of amides is 1. The zero-order chi connectivity index (χ0) is 26.8. The highest BCUT2D eigenvalue weighted by Gasteiger charge is 2.54. The van der Waals surface area contributed by atoms with Crippen molar-refractivity contribution in [2.24, 2.45) is 0 Å². The summed E-state index contributed by atoms with van der Waals surface area (Å²) in [6.45, 7) is 9.45. The van der Waals surface area contributed by atoms with Crippen LogP contribution in [0.15, 0.2) is 12.7 Å². The highest BCUT2D eigenvalue weighted by molar-refractivity contribution is 5.82. The number of hydrogen-bond donors (Lipinski definition) is 1. The molecule has 11 heteroatoms. The molecule has 2 heterocycles. The summed E-state index contributed by atoms with van der Waals surface area (Å²) in [4.78, 5) is 11.9. The van der Waals surface area contributed by atoms with Crippen molar-refractivity contribution >= 4 is 5.91 Å². The number of methoxy groups -OCH3 is 1. The van der Waals surface area contributed by atoms with Gasteiger partial charge in [0.15, 0.2) is 12.1 Å². The van der Waals surface area contributed by atoms with Crippen LogP contribution in [0, 0.1) is 0 Å². The maximum atomic E-state index is 13.1. The predicted octanol–water partition coefficient (Wildman–Crippen LogP) is 4.26. The van der Waals surface area contributed by atoms with E-state index in [1.165, 1.54) is 25.3 Å². The van der Waals surface area contributed by atoms with E-state index in [1.807, 2.05) is 5.32 Å². The number of carbonyl (C=O) groups is 1. The largest absolute Gasteiger partial charge is 0.471 e. The smallest absolute Gasteiger partial charge is 0.381 e. The van der Waals surface area contributed by atoms with Crippen molar-refractivity contribution in [3.8, 4) is 0 Å². The Bertz CT molecular complexity index is 677.